The van der Waals surface area contributed by atoms with E-state index in [2.05, 4.69) is 10.3 Å². The van der Waals surface area contributed by atoms with Gasteiger partial charge in [-0.25, -0.2) is 13.2 Å². The van der Waals surface area contributed by atoms with E-state index in [9.17, 15) is 18.0 Å². The molecule has 27 heavy (non-hydrogen) atoms. The Morgan fingerprint density at radius 3 is 2.41 bits per heavy atom. The Hall–Kier alpha value is -2.94. The molecule has 1 heterocycles. The molecule has 1 amide bonds. The fraction of sp³-hybridized carbons (Fsp3) is 0.278. The van der Waals surface area contributed by atoms with Crippen molar-refractivity contribution in [2.75, 3.05) is 23.7 Å². The molecular formula is C18H21N3O5S. The number of nitrogens with one attached hydrogen (secondary N) is 1. The molecule has 0 saturated carbocycles. The monoisotopic (exact) mass is 391 g/mol. The number of sulfonamides is 1. The summed E-state index contributed by atoms with van der Waals surface area (Å²) in [7, 11) is -3.70. The highest BCUT2D eigenvalue weighted by molar-refractivity contribution is 7.92. The Morgan fingerprint density at radius 1 is 1.15 bits per heavy atom. The lowest BCUT2D eigenvalue weighted by Crippen LogP contribution is -2.40. The first-order valence-corrected chi connectivity index (χ1v) is 10.1. The van der Waals surface area contributed by atoms with Gasteiger partial charge in [0.1, 0.15) is 6.54 Å². The molecule has 0 saturated heterocycles. The van der Waals surface area contributed by atoms with E-state index in [1.807, 2.05) is 0 Å². The number of amides is 1. The summed E-state index contributed by atoms with van der Waals surface area (Å²) in [5, 5.41) is 2.64. The number of ether oxygens (including phenoxy) is 1. The minimum Gasteiger partial charge on any atom is -0.462 e. The number of pyridine rings is 1. The minimum absolute atomic E-state index is 0.194. The van der Waals surface area contributed by atoms with E-state index < -0.39 is 21.9 Å². The number of benzene rings is 1. The van der Waals surface area contributed by atoms with E-state index in [-0.39, 0.29) is 25.4 Å². The molecule has 2 aromatic rings. The highest BCUT2D eigenvalue weighted by Gasteiger charge is 2.21. The molecule has 0 aliphatic rings. The van der Waals surface area contributed by atoms with Crippen molar-refractivity contribution in [3.63, 3.8) is 0 Å². The molecule has 0 aliphatic heterocycles. The lowest BCUT2D eigenvalue weighted by molar-refractivity contribution is -0.119. The molecule has 0 atom stereocenters. The van der Waals surface area contributed by atoms with Crippen LogP contribution in [0.5, 0.6) is 0 Å². The van der Waals surface area contributed by atoms with Gasteiger partial charge in [0, 0.05) is 6.20 Å². The topological polar surface area (TPSA) is 106 Å². The van der Waals surface area contributed by atoms with E-state index in [1.54, 1.807) is 31.3 Å². The van der Waals surface area contributed by atoms with E-state index >= 15 is 0 Å². The van der Waals surface area contributed by atoms with E-state index in [4.69, 9.17) is 4.74 Å². The second kappa shape index (κ2) is 9.13. The molecule has 1 aromatic carbocycles. The van der Waals surface area contributed by atoms with Crippen molar-refractivity contribution < 1.29 is 22.7 Å². The van der Waals surface area contributed by atoms with E-state index in [0.717, 1.165) is 10.6 Å². The maximum atomic E-state index is 12.2. The number of hydrogen-bond acceptors (Lipinski definition) is 6. The van der Waals surface area contributed by atoms with Gasteiger partial charge < -0.3 is 10.1 Å². The van der Waals surface area contributed by atoms with Crippen LogP contribution in [0, 0.1) is 0 Å². The molecule has 0 aliphatic carbocycles. The van der Waals surface area contributed by atoms with Crippen LogP contribution in [0.4, 0.5) is 5.69 Å². The van der Waals surface area contributed by atoms with Crippen LogP contribution in [-0.4, -0.2) is 44.7 Å². The minimum atomic E-state index is -3.70. The predicted octanol–water partition coefficient (Wildman–Crippen LogP) is 1.34. The van der Waals surface area contributed by atoms with Crippen molar-refractivity contribution in [3.8, 4) is 0 Å². The molecule has 8 nitrogen and oxygen atoms in total. The van der Waals surface area contributed by atoms with Crippen LogP contribution in [0.15, 0.2) is 48.7 Å². The van der Waals surface area contributed by atoms with Gasteiger partial charge in [-0.2, -0.15) is 0 Å². The molecule has 9 heteroatoms. The third kappa shape index (κ3) is 6.07. The van der Waals surface area contributed by atoms with Crippen molar-refractivity contribution in [2.24, 2.45) is 0 Å². The summed E-state index contributed by atoms with van der Waals surface area (Å²) >= 11 is 0. The van der Waals surface area contributed by atoms with E-state index in [1.165, 1.54) is 24.3 Å². The number of hydrogen-bond donors (Lipinski definition) is 1. The van der Waals surface area contributed by atoms with Gasteiger partial charge in [0.2, 0.25) is 15.9 Å². The largest absolute Gasteiger partial charge is 0.462 e. The number of aromatic nitrogens is 1. The summed E-state index contributed by atoms with van der Waals surface area (Å²) in [5.74, 6) is -0.969. The SMILES string of the molecule is CCOC(=O)c1ccc(N(CC(=O)NCc2ccccn2)S(C)(=O)=O)cc1. The number of nitrogens with zero attached hydrogens (tertiary/aromatic N) is 2. The van der Waals surface area contributed by atoms with Gasteiger partial charge in [0.05, 0.1) is 36.4 Å². The van der Waals surface area contributed by atoms with Crippen LogP contribution in [-0.2, 0) is 26.1 Å². The normalized spacial score (nSPS) is 10.9. The highest BCUT2D eigenvalue weighted by atomic mass is 32.2. The first kappa shape index (κ1) is 20.4. The summed E-state index contributed by atoms with van der Waals surface area (Å²) in [6, 6.07) is 11.1. The summed E-state index contributed by atoms with van der Waals surface area (Å²) in [4.78, 5) is 28.0. The number of esters is 1. The van der Waals surface area contributed by atoms with Gasteiger partial charge in [-0.15, -0.1) is 0 Å². The summed E-state index contributed by atoms with van der Waals surface area (Å²) < 4.78 is 30.1. The fourth-order valence-corrected chi connectivity index (χ4v) is 3.11. The summed E-state index contributed by atoms with van der Waals surface area (Å²) in [6.45, 7) is 1.75. The molecule has 1 N–H and O–H groups in total. The van der Waals surface area contributed by atoms with Gasteiger partial charge in [-0.1, -0.05) is 6.07 Å². The zero-order valence-electron chi connectivity index (χ0n) is 15.1. The number of anilines is 1. The summed E-state index contributed by atoms with van der Waals surface area (Å²) in [6.07, 6.45) is 2.62. The molecule has 144 valence electrons. The smallest absolute Gasteiger partial charge is 0.338 e. The molecule has 0 fully saturated rings. The van der Waals surface area contributed by atoms with Crippen molar-refractivity contribution >= 4 is 27.6 Å². The van der Waals surface area contributed by atoms with Gasteiger partial charge in [-0.05, 0) is 43.3 Å². The van der Waals surface area contributed by atoms with Crippen molar-refractivity contribution in [3.05, 3.63) is 59.9 Å². The second-order valence-electron chi connectivity index (χ2n) is 5.63. The van der Waals surface area contributed by atoms with Crippen LogP contribution < -0.4 is 9.62 Å². The molecule has 2 rings (SSSR count). The molecule has 0 bridgehead atoms. The average molecular weight is 391 g/mol. The molecule has 0 spiro atoms. The van der Waals surface area contributed by atoms with Gasteiger partial charge in [0.15, 0.2) is 0 Å². The van der Waals surface area contributed by atoms with Gasteiger partial charge in [0.25, 0.3) is 0 Å². The lowest BCUT2D eigenvalue weighted by atomic mass is 10.2. The summed E-state index contributed by atoms with van der Waals surface area (Å²) in [5.41, 5.74) is 1.24. The van der Waals surface area contributed by atoms with Crippen LogP contribution >= 0.6 is 0 Å². The number of rotatable bonds is 8. The van der Waals surface area contributed by atoms with Crippen LogP contribution in [0.1, 0.15) is 23.0 Å². The van der Waals surface area contributed by atoms with Gasteiger partial charge in [-0.3, -0.25) is 14.1 Å². The highest BCUT2D eigenvalue weighted by Crippen LogP contribution is 2.18. The molecule has 0 unspecified atom stereocenters. The van der Waals surface area contributed by atoms with Crippen LogP contribution in [0.3, 0.4) is 0 Å². The molecule has 1 aromatic heterocycles. The number of carbonyl (C=O) groups excluding carboxylic acids is 2. The number of carbonyl (C=O) groups is 2. The molecule has 0 radical (unpaired) electrons. The van der Waals surface area contributed by atoms with Crippen LogP contribution in [0.2, 0.25) is 0 Å². The third-order valence-electron chi connectivity index (χ3n) is 3.55. The van der Waals surface area contributed by atoms with Crippen molar-refractivity contribution in [2.45, 2.75) is 13.5 Å². The standard InChI is InChI=1S/C18H21N3O5S/c1-3-26-18(23)14-7-9-16(10-8-14)21(27(2,24)25)13-17(22)20-12-15-6-4-5-11-19-15/h4-11H,3,12-13H2,1-2H3,(H,20,22). The van der Waals surface area contributed by atoms with E-state index in [0.29, 0.717) is 11.3 Å². The maximum Gasteiger partial charge on any atom is 0.338 e. The Labute approximate surface area is 158 Å². The predicted molar refractivity (Wildman–Crippen MR) is 101 cm³/mol. The third-order valence-corrected chi connectivity index (χ3v) is 4.69. The van der Waals surface area contributed by atoms with Crippen LogP contribution in [0.25, 0.3) is 0 Å². The Bertz CT molecular complexity index is 883. The zero-order chi connectivity index (χ0) is 19.9. The first-order valence-electron chi connectivity index (χ1n) is 8.22. The quantitative estimate of drug-likeness (QED) is 0.681. The van der Waals surface area contributed by atoms with Crippen molar-refractivity contribution in [1.82, 2.24) is 10.3 Å². The second-order valence-corrected chi connectivity index (χ2v) is 7.54. The maximum absolute atomic E-state index is 12.2. The average Bonchev–Trinajstić information content (AvgIpc) is 2.65. The van der Waals surface area contributed by atoms with Crippen molar-refractivity contribution in [1.29, 1.82) is 0 Å². The Balaban J connectivity index is 2.09. The lowest BCUT2D eigenvalue weighted by Gasteiger charge is -2.22. The Kier molecular flexibility index (Phi) is 6.89. The first-order chi connectivity index (χ1) is 12.8. The Morgan fingerprint density at radius 2 is 1.85 bits per heavy atom. The van der Waals surface area contributed by atoms with Gasteiger partial charge >= 0.3 is 5.97 Å². The fourth-order valence-electron chi connectivity index (χ4n) is 2.26. The zero-order valence-corrected chi connectivity index (χ0v) is 15.9. The molecular weight excluding hydrogens is 370 g/mol.